The van der Waals surface area contributed by atoms with Crippen LogP contribution in [0.5, 0.6) is 0 Å². The maximum atomic E-state index is 11.0. The molecule has 0 saturated heterocycles. The summed E-state index contributed by atoms with van der Waals surface area (Å²) in [5.41, 5.74) is 0. The average molecular weight is 222 g/mol. The van der Waals surface area contributed by atoms with Crippen molar-refractivity contribution in [1.29, 1.82) is 0 Å². The fourth-order valence-corrected chi connectivity index (χ4v) is 1.25. The maximum Gasteiger partial charge on any atom is 0.232 e. The Morgan fingerprint density at radius 1 is 1.45 bits per heavy atom. The molecule has 0 aliphatic carbocycles. The van der Waals surface area contributed by atoms with Gasteiger partial charge in [-0.1, -0.05) is 35.7 Å². The molecule has 2 nitrogen and oxygen atoms in total. The summed E-state index contributed by atoms with van der Waals surface area (Å²) >= 11 is 3.13. The molecule has 0 aromatic heterocycles. The third-order valence-electron chi connectivity index (χ3n) is 1.64. The number of carbonyl (C=O) groups is 1. The van der Waals surface area contributed by atoms with Crippen LogP contribution in [0.3, 0.4) is 0 Å². The van der Waals surface area contributed by atoms with E-state index in [1.165, 1.54) is 12.8 Å². The predicted molar refractivity (Wildman–Crippen MR) is 51.0 cm³/mol. The van der Waals surface area contributed by atoms with E-state index < -0.39 is 0 Å². The van der Waals surface area contributed by atoms with Gasteiger partial charge in [0.2, 0.25) is 5.91 Å². The van der Waals surface area contributed by atoms with Crippen LogP contribution in [-0.2, 0) is 4.79 Å². The molecule has 0 saturated carbocycles. The van der Waals surface area contributed by atoms with Crippen molar-refractivity contribution in [2.75, 3.05) is 18.9 Å². The number of hydrogen-bond donors (Lipinski definition) is 0. The highest BCUT2D eigenvalue weighted by Gasteiger charge is 2.04. The van der Waals surface area contributed by atoms with E-state index in [9.17, 15) is 4.79 Å². The zero-order valence-electron chi connectivity index (χ0n) is 7.27. The molecule has 0 bridgehead atoms. The number of nitrogens with zero attached hydrogens (tertiary/aromatic N) is 1. The highest BCUT2D eigenvalue weighted by atomic mass is 79.9. The van der Waals surface area contributed by atoms with Gasteiger partial charge in [0.25, 0.3) is 0 Å². The van der Waals surface area contributed by atoms with Crippen LogP contribution in [-0.4, -0.2) is 29.7 Å². The quantitative estimate of drug-likeness (QED) is 0.514. The van der Waals surface area contributed by atoms with Gasteiger partial charge in [0.15, 0.2) is 0 Å². The molecule has 66 valence electrons. The zero-order valence-corrected chi connectivity index (χ0v) is 8.85. The number of unbranched alkanes of at least 4 members (excludes halogenated alkanes) is 2. The SMILES string of the molecule is CCCCCN(C)C(=O)CBr. The molecule has 0 radical (unpaired) electrons. The minimum absolute atomic E-state index is 0.168. The van der Waals surface area contributed by atoms with Gasteiger partial charge in [0.1, 0.15) is 0 Å². The molecule has 0 aliphatic rings. The number of halogens is 1. The fraction of sp³-hybridized carbons (Fsp3) is 0.875. The minimum Gasteiger partial charge on any atom is -0.345 e. The molecule has 0 aromatic rings. The summed E-state index contributed by atoms with van der Waals surface area (Å²) in [6, 6.07) is 0. The number of amides is 1. The Kier molecular flexibility index (Phi) is 6.62. The number of hydrogen-bond acceptors (Lipinski definition) is 1. The summed E-state index contributed by atoms with van der Waals surface area (Å²) < 4.78 is 0. The second-order valence-corrected chi connectivity index (χ2v) is 3.22. The molecule has 0 heterocycles. The summed E-state index contributed by atoms with van der Waals surface area (Å²) in [5, 5.41) is 0.440. The van der Waals surface area contributed by atoms with Crippen LogP contribution in [0.1, 0.15) is 26.2 Å². The Labute approximate surface area is 77.1 Å². The molecular formula is C8H16BrNO. The van der Waals surface area contributed by atoms with Gasteiger partial charge in [-0.25, -0.2) is 0 Å². The van der Waals surface area contributed by atoms with Gasteiger partial charge in [0, 0.05) is 13.6 Å². The molecule has 0 aromatic carbocycles. The lowest BCUT2D eigenvalue weighted by Gasteiger charge is -2.14. The van der Waals surface area contributed by atoms with Gasteiger partial charge in [-0.2, -0.15) is 0 Å². The normalized spacial score (nSPS) is 9.73. The first-order valence-electron chi connectivity index (χ1n) is 4.02. The molecule has 1 amide bonds. The Morgan fingerprint density at radius 2 is 2.09 bits per heavy atom. The van der Waals surface area contributed by atoms with E-state index in [1.54, 1.807) is 4.90 Å². The zero-order chi connectivity index (χ0) is 8.69. The summed E-state index contributed by atoms with van der Waals surface area (Å²) in [6.45, 7) is 3.05. The lowest BCUT2D eigenvalue weighted by atomic mass is 10.2. The van der Waals surface area contributed by atoms with Crippen molar-refractivity contribution in [2.45, 2.75) is 26.2 Å². The molecule has 0 unspecified atom stereocenters. The smallest absolute Gasteiger partial charge is 0.232 e. The van der Waals surface area contributed by atoms with Crippen molar-refractivity contribution in [3.05, 3.63) is 0 Å². The monoisotopic (exact) mass is 221 g/mol. The second kappa shape index (κ2) is 6.65. The van der Waals surface area contributed by atoms with E-state index in [0.29, 0.717) is 5.33 Å². The van der Waals surface area contributed by atoms with Crippen LogP contribution in [0.15, 0.2) is 0 Å². The predicted octanol–water partition coefficient (Wildman–Crippen LogP) is 2.03. The Hall–Kier alpha value is -0.0500. The third kappa shape index (κ3) is 5.24. The summed E-state index contributed by atoms with van der Waals surface area (Å²) in [4.78, 5) is 12.8. The van der Waals surface area contributed by atoms with E-state index in [0.717, 1.165) is 13.0 Å². The number of rotatable bonds is 5. The lowest BCUT2D eigenvalue weighted by molar-refractivity contribution is -0.127. The van der Waals surface area contributed by atoms with Crippen molar-refractivity contribution >= 4 is 21.8 Å². The Morgan fingerprint density at radius 3 is 2.55 bits per heavy atom. The van der Waals surface area contributed by atoms with Crippen LogP contribution >= 0.6 is 15.9 Å². The van der Waals surface area contributed by atoms with Gasteiger partial charge < -0.3 is 4.90 Å². The fourth-order valence-electron chi connectivity index (χ4n) is 0.826. The lowest BCUT2D eigenvalue weighted by Crippen LogP contribution is -2.28. The topological polar surface area (TPSA) is 20.3 Å². The van der Waals surface area contributed by atoms with E-state index in [1.807, 2.05) is 7.05 Å². The van der Waals surface area contributed by atoms with Crippen LogP contribution in [0.25, 0.3) is 0 Å². The van der Waals surface area contributed by atoms with E-state index >= 15 is 0 Å². The highest BCUT2D eigenvalue weighted by molar-refractivity contribution is 9.09. The van der Waals surface area contributed by atoms with E-state index in [2.05, 4.69) is 22.9 Å². The van der Waals surface area contributed by atoms with Crippen LogP contribution in [0.4, 0.5) is 0 Å². The first-order valence-corrected chi connectivity index (χ1v) is 5.14. The Balaban J connectivity index is 3.36. The van der Waals surface area contributed by atoms with Gasteiger partial charge in [-0.05, 0) is 6.42 Å². The van der Waals surface area contributed by atoms with Crippen molar-refractivity contribution in [2.24, 2.45) is 0 Å². The summed E-state index contributed by atoms with van der Waals surface area (Å²) in [6.07, 6.45) is 3.53. The van der Waals surface area contributed by atoms with Crippen LogP contribution in [0, 0.1) is 0 Å². The van der Waals surface area contributed by atoms with Gasteiger partial charge >= 0.3 is 0 Å². The molecule has 11 heavy (non-hydrogen) atoms. The molecule has 0 spiro atoms. The van der Waals surface area contributed by atoms with Gasteiger partial charge in [0.05, 0.1) is 5.33 Å². The van der Waals surface area contributed by atoms with Crippen LogP contribution < -0.4 is 0 Å². The first-order chi connectivity index (χ1) is 5.22. The third-order valence-corrected chi connectivity index (χ3v) is 2.12. The van der Waals surface area contributed by atoms with Gasteiger partial charge in [-0.15, -0.1) is 0 Å². The van der Waals surface area contributed by atoms with Crippen LogP contribution in [0.2, 0.25) is 0 Å². The van der Waals surface area contributed by atoms with E-state index in [4.69, 9.17) is 0 Å². The first kappa shape index (κ1) is 11.0. The molecule has 3 heteroatoms. The van der Waals surface area contributed by atoms with Crippen molar-refractivity contribution < 1.29 is 4.79 Å². The van der Waals surface area contributed by atoms with E-state index in [-0.39, 0.29) is 5.91 Å². The Bertz CT molecular complexity index is 117. The van der Waals surface area contributed by atoms with Crippen molar-refractivity contribution in [3.63, 3.8) is 0 Å². The van der Waals surface area contributed by atoms with Gasteiger partial charge in [-0.3, -0.25) is 4.79 Å². The molecule has 0 N–H and O–H groups in total. The molecule has 0 aliphatic heterocycles. The largest absolute Gasteiger partial charge is 0.345 e. The van der Waals surface area contributed by atoms with Crippen molar-refractivity contribution in [3.8, 4) is 0 Å². The molecule has 0 atom stereocenters. The van der Waals surface area contributed by atoms with Crippen molar-refractivity contribution in [1.82, 2.24) is 4.90 Å². The number of carbonyl (C=O) groups excluding carboxylic acids is 1. The highest BCUT2D eigenvalue weighted by Crippen LogP contribution is 1.97. The summed E-state index contributed by atoms with van der Waals surface area (Å²) in [5.74, 6) is 0.168. The standard InChI is InChI=1S/C8H16BrNO/c1-3-4-5-6-10(2)8(11)7-9/h3-7H2,1-2H3. The second-order valence-electron chi connectivity index (χ2n) is 2.66. The molecule has 0 rings (SSSR count). The maximum absolute atomic E-state index is 11.0. The summed E-state index contributed by atoms with van der Waals surface area (Å²) in [7, 11) is 1.85. The number of alkyl halides is 1. The average Bonchev–Trinajstić information content (AvgIpc) is 2.03. The minimum atomic E-state index is 0.168. The molecular weight excluding hydrogens is 206 g/mol. The molecule has 0 fully saturated rings.